The van der Waals surface area contributed by atoms with Crippen molar-refractivity contribution in [1.82, 2.24) is 19.2 Å². The van der Waals surface area contributed by atoms with E-state index in [1.165, 1.54) is 36.3 Å². The topological polar surface area (TPSA) is 128 Å². The second-order valence-corrected chi connectivity index (χ2v) is 12.8. The van der Waals surface area contributed by atoms with Gasteiger partial charge < -0.3 is 19.6 Å². The number of benzene rings is 2. The van der Waals surface area contributed by atoms with E-state index in [2.05, 4.69) is 4.98 Å². The molecule has 10 nitrogen and oxygen atoms in total. The number of aliphatic hydroxyl groups excluding tert-OH is 1. The molecule has 0 bridgehead atoms. The Morgan fingerprint density at radius 2 is 1.91 bits per heavy atom. The Labute approximate surface area is 262 Å². The highest BCUT2D eigenvalue weighted by atomic mass is 32.2. The molecular formula is C31H29F4N5O5S. The van der Waals surface area contributed by atoms with E-state index in [1.54, 1.807) is 41.5 Å². The highest BCUT2D eigenvalue weighted by Gasteiger charge is 2.46. The van der Waals surface area contributed by atoms with Gasteiger partial charge in [-0.25, -0.2) is 17.8 Å². The lowest BCUT2D eigenvalue weighted by Gasteiger charge is -2.30. The summed E-state index contributed by atoms with van der Waals surface area (Å²) in [6, 6.07) is 10.9. The molecule has 0 aliphatic carbocycles. The molecule has 1 unspecified atom stereocenters. The lowest BCUT2D eigenvalue weighted by Crippen LogP contribution is -2.41. The minimum atomic E-state index is -4.99. The van der Waals surface area contributed by atoms with Crippen LogP contribution in [0, 0.1) is 24.1 Å². The fraction of sp³-hybridized carbons (Fsp3) is 0.323. The van der Waals surface area contributed by atoms with Gasteiger partial charge in [0.25, 0.3) is 5.91 Å². The third kappa shape index (κ3) is 5.79. The molecule has 1 aliphatic heterocycles. The van der Waals surface area contributed by atoms with Gasteiger partial charge in [-0.05, 0) is 61.5 Å². The smallest absolute Gasteiger partial charge is 0.417 e. The van der Waals surface area contributed by atoms with Crippen molar-refractivity contribution in [1.29, 1.82) is 5.26 Å². The van der Waals surface area contributed by atoms with Gasteiger partial charge in [0.2, 0.25) is 0 Å². The van der Waals surface area contributed by atoms with Gasteiger partial charge >= 0.3 is 6.18 Å². The number of halogens is 4. The summed E-state index contributed by atoms with van der Waals surface area (Å²) in [5, 5.41) is 19.1. The summed E-state index contributed by atoms with van der Waals surface area (Å²) < 4.78 is 89.6. The van der Waals surface area contributed by atoms with Crippen molar-refractivity contribution in [3.8, 4) is 23.2 Å². The number of rotatable bonds is 9. The number of aryl methyl sites for hydroxylation is 1. The molecule has 1 N–H and O–H groups in total. The largest absolute Gasteiger partial charge is 0.482 e. The van der Waals surface area contributed by atoms with Crippen molar-refractivity contribution in [3.63, 3.8) is 0 Å². The molecule has 46 heavy (non-hydrogen) atoms. The number of amides is 1. The predicted octanol–water partition coefficient (Wildman–Crippen LogP) is 4.24. The molecule has 0 fully saturated rings. The van der Waals surface area contributed by atoms with Crippen molar-refractivity contribution in [3.05, 3.63) is 82.3 Å². The van der Waals surface area contributed by atoms with E-state index in [9.17, 15) is 41.1 Å². The number of carbonyl (C=O) groups excluding carboxylic acids is 1. The maximum Gasteiger partial charge on any atom is 0.417 e. The Hall–Kier alpha value is -4.52. The molecule has 242 valence electrons. The predicted molar refractivity (Wildman–Crippen MR) is 158 cm³/mol. The van der Waals surface area contributed by atoms with Crippen LogP contribution in [-0.4, -0.2) is 84.8 Å². The van der Waals surface area contributed by atoms with Crippen LogP contribution in [0.3, 0.4) is 0 Å². The number of nitriles is 1. The van der Waals surface area contributed by atoms with Gasteiger partial charge in [0, 0.05) is 25.2 Å². The van der Waals surface area contributed by atoms with Gasteiger partial charge in [-0.1, -0.05) is 12.1 Å². The number of nitrogens with zero attached hydrogens (tertiary/aromatic N) is 5. The number of carbonyl (C=O) groups is 1. The van der Waals surface area contributed by atoms with Crippen LogP contribution in [-0.2, 0) is 16.0 Å². The molecule has 1 atom stereocenters. The highest BCUT2D eigenvalue weighted by molar-refractivity contribution is 7.91. The Morgan fingerprint density at radius 3 is 2.54 bits per heavy atom. The fourth-order valence-corrected chi connectivity index (χ4v) is 7.68. The Morgan fingerprint density at radius 1 is 1.17 bits per heavy atom. The monoisotopic (exact) mass is 659 g/mol. The van der Waals surface area contributed by atoms with E-state index in [-0.39, 0.29) is 54.4 Å². The van der Waals surface area contributed by atoms with Gasteiger partial charge in [0.15, 0.2) is 21.4 Å². The number of hydrogen-bond acceptors (Lipinski definition) is 8. The zero-order chi connectivity index (χ0) is 33.6. The second-order valence-electron chi connectivity index (χ2n) is 10.9. The molecule has 2 aromatic heterocycles. The number of methoxy groups -OCH3 is 1. The number of aromatic nitrogens is 2. The summed E-state index contributed by atoms with van der Waals surface area (Å²) in [7, 11) is -1.37. The van der Waals surface area contributed by atoms with Crippen molar-refractivity contribution >= 4 is 21.4 Å². The molecule has 15 heteroatoms. The summed E-state index contributed by atoms with van der Waals surface area (Å²) in [5.41, 5.74) is -1.49. The molecule has 5 rings (SSSR count). The first kappa shape index (κ1) is 32.9. The van der Waals surface area contributed by atoms with Crippen molar-refractivity contribution < 1.29 is 40.6 Å². The molecule has 1 aliphatic rings. The molecular weight excluding hydrogens is 630 g/mol. The molecule has 0 spiro atoms. The maximum absolute atomic E-state index is 14.6. The van der Waals surface area contributed by atoms with Crippen LogP contribution >= 0.6 is 0 Å². The van der Waals surface area contributed by atoms with Crippen LogP contribution < -0.4 is 4.74 Å². The van der Waals surface area contributed by atoms with Crippen LogP contribution in [0.4, 0.5) is 17.6 Å². The molecule has 1 amide bonds. The van der Waals surface area contributed by atoms with Crippen molar-refractivity contribution in [2.24, 2.45) is 0 Å². The van der Waals surface area contributed by atoms with Crippen LogP contribution in [0.25, 0.3) is 16.9 Å². The zero-order valence-electron chi connectivity index (χ0n) is 25.0. The number of pyridine rings is 1. The van der Waals surface area contributed by atoms with E-state index in [1.807, 2.05) is 0 Å². The van der Waals surface area contributed by atoms with Crippen molar-refractivity contribution in [2.45, 2.75) is 24.0 Å². The molecule has 3 heterocycles. The number of hydrogen-bond donors (Lipinski definition) is 1. The lowest BCUT2D eigenvalue weighted by molar-refractivity contribution is -0.138. The van der Waals surface area contributed by atoms with E-state index in [4.69, 9.17) is 4.74 Å². The molecule has 0 saturated heterocycles. The van der Waals surface area contributed by atoms with E-state index in [0.717, 1.165) is 6.07 Å². The van der Waals surface area contributed by atoms with Crippen LogP contribution in [0.15, 0.2) is 53.4 Å². The minimum absolute atomic E-state index is 0.120. The molecule has 0 saturated carbocycles. The maximum atomic E-state index is 14.6. The third-order valence-corrected chi connectivity index (χ3v) is 9.76. The number of likely N-dealkylation sites (N-methyl/N-ethyl adjacent to an activating group) is 1. The fourth-order valence-electron chi connectivity index (χ4n) is 5.71. The van der Waals surface area contributed by atoms with E-state index < -0.39 is 55.6 Å². The van der Waals surface area contributed by atoms with E-state index in [0.29, 0.717) is 17.5 Å². The van der Waals surface area contributed by atoms with Crippen LogP contribution in [0.5, 0.6) is 5.88 Å². The standard InChI is InChI=1S/C31H29F4N5O5S/c1-18-15-19(7-10-23(18)32)28-27(37-25-5-4-6-26(45-3)40(25)28)30(42)39(12-11-38(2)13-14-41)24-17-46(43,44)29-20(24)8-9-22(21(29)16-36)31(33,34)35/h4-10,15,24,41H,11-14,17H2,1-3H3. The summed E-state index contributed by atoms with van der Waals surface area (Å²) in [6.45, 7) is 1.60. The lowest BCUT2D eigenvalue weighted by atomic mass is 9.99. The Balaban J connectivity index is 1.73. The summed E-state index contributed by atoms with van der Waals surface area (Å²) in [4.78, 5) is 21.4. The summed E-state index contributed by atoms with van der Waals surface area (Å²) in [6.07, 6.45) is -4.99. The number of alkyl halides is 3. The number of aliphatic hydroxyl groups is 1. The van der Waals surface area contributed by atoms with Crippen LogP contribution in [0.2, 0.25) is 0 Å². The minimum Gasteiger partial charge on any atom is -0.482 e. The SMILES string of the molecule is COc1cccc2nc(C(=O)N(CCN(C)CCO)C3CS(=O)(=O)c4c3ccc(C(F)(F)F)c4C#N)c(-c3ccc(F)c(C)c3)n12. The first-order valence-electron chi connectivity index (χ1n) is 14.0. The zero-order valence-corrected chi connectivity index (χ0v) is 25.8. The van der Waals surface area contributed by atoms with Gasteiger partial charge in [-0.15, -0.1) is 0 Å². The number of imidazole rings is 1. The quantitative estimate of drug-likeness (QED) is 0.265. The normalized spacial score (nSPS) is 15.6. The van der Waals surface area contributed by atoms with Gasteiger partial charge in [-0.2, -0.15) is 18.4 Å². The molecule has 0 radical (unpaired) electrons. The highest BCUT2D eigenvalue weighted by Crippen LogP contribution is 2.44. The summed E-state index contributed by atoms with van der Waals surface area (Å²) in [5.74, 6) is -1.71. The van der Waals surface area contributed by atoms with E-state index >= 15 is 0 Å². The summed E-state index contributed by atoms with van der Waals surface area (Å²) >= 11 is 0. The second kappa shape index (κ2) is 12.3. The average molecular weight is 660 g/mol. The molecule has 2 aromatic carbocycles. The average Bonchev–Trinajstić information content (AvgIpc) is 3.53. The van der Waals surface area contributed by atoms with Crippen LogP contribution in [0.1, 0.15) is 38.8 Å². The van der Waals surface area contributed by atoms with Gasteiger partial charge in [0.05, 0.1) is 47.2 Å². The first-order valence-corrected chi connectivity index (χ1v) is 15.7. The van der Waals surface area contributed by atoms with Crippen molar-refractivity contribution in [2.75, 3.05) is 46.2 Å². The number of ether oxygens (including phenoxy) is 1. The number of sulfone groups is 1. The molecule has 4 aromatic rings. The van der Waals surface area contributed by atoms with Gasteiger partial charge in [-0.3, -0.25) is 9.20 Å². The Kier molecular flexibility index (Phi) is 8.82. The van der Waals surface area contributed by atoms with Gasteiger partial charge in [0.1, 0.15) is 17.5 Å². The number of fused-ring (bicyclic) bond motifs is 2. The Bertz CT molecular complexity index is 1990. The first-order chi connectivity index (χ1) is 21.7. The third-order valence-electron chi connectivity index (χ3n) is 7.95.